The Labute approximate surface area is 90.8 Å². The Morgan fingerprint density at radius 2 is 1.93 bits per heavy atom. The first-order chi connectivity index (χ1) is 6.90. The van der Waals surface area contributed by atoms with Gasteiger partial charge in [0, 0.05) is 5.92 Å². The fourth-order valence-electron chi connectivity index (χ4n) is 1.78. The fourth-order valence-corrected chi connectivity index (χ4v) is 1.78. The second kappa shape index (κ2) is 5.85. The number of carboxylic acid groups (broad SMARTS) is 1. The SMILES string of the molecule is CCCCC(C(C)=O)C(N)(CC)C(=O)O. The van der Waals surface area contributed by atoms with Crippen molar-refractivity contribution in [3.05, 3.63) is 0 Å². The minimum absolute atomic E-state index is 0.129. The highest BCUT2D eigenvalue weighted by Crippen LogP contribution is 2.25. The molecular formula is C11H21NO3. The van der Waals surface area contributed by atoms with Gasteiger partial charge in [-0.15, -0.1) is 0 Å². The fraction of sp³-hybridized carbons (Fsp3) is 0.818. The van der Waals surface area contributed by atoms with Gasteiger partial charge in [0.05, 0.1) is 0 Å². The minimum atomic E-state index is -1.40. The predicted molar refractivity (Wildman–Crippen MR) is 58.5 cm³/mol. The van der Waals surface area contributed by atoms with Crippen LogP contribution in [0.4, 0.5) is 0 Å². The van der Waals surface area contributed by atoms with E-state index in [9.17, 15) is 9.59 Å². The quantitative estimate of drug-likeness (QED) is 0.675. The topological polar surface area (TPSA) is 80.4 Å². The smallest absolute Gasteiger partial charge is 0.324 e. The zero-order valence-electron chi connectivity index (χ0n) is 9.75. The van der Waals surface area contributed by atoms with Crippen molar-refractivity contribution in [3.8, 4) is 0 Å². The molecule has 0 aromatic carbocycles. The third-order valence-electron chi connectivity index (χ3n) is 2.94. The van der Waals surface area contributed by atoms with Gasteiger partial charge in [0.1, 0.15) is 11.3 Å². The zero-order valence-corrected chi connectivity index (χ0v) is 9.75. The van der Waals surface area contributed by atoms with E-state index in [4.69, 9.17) is 10.8 Å². The molecular weight excluding hydrogens is 194 g/mol. The summed E-state index contributed by atoms with van der Waals surface area (Å²) in [5.41, 5.74) is 4.40. The van der Waals surface area contributed by atoms with Crippen molar-refractivity contribution in [2.24, 2.45) is 11.7 Å². The molecule has 0 fully saturated rings. The monoisotopic (exact) mass is 215 g/mol. The summed E-state index contributed by atoms with van der Waals surface area (Å²) in [5.74, 6) is -1.78. The number of carbonyl (C=O) groups excluding carboxylic acids is 1. The molecule has 0 aliphatic carbocycles. The maximum atomic E-state index is 11.4. The molecule has 4 heteroatoms. The van der Waals surface area contributed by atoms with Crippen LogP contribution in [0.3, 0.4) is 0 Å². The molecule has 88 valence electrons. The van der Waals surface area contributed by atoms with Gasteiger partial charge in [0.25, 0.3) is 0 Å². The predicted octanol–water partition coefficient (Wildman–Crippen LogP) is 1.57. The Hall–Kier alpha value is -0.900. The molecule has 2 atom stereocenters. The first-order valence-electron chi connectivity index (χ1n) is 5.42. The highest BCUT2D eigenvalue weighted by molar-refractivity contribution is 5.89. The van der Waals surface area contributed by atoms with Crippen molar-refractivity contribution in [2.45, 2.75) is 52.0 Å². The van der Waals surface area contributed by atoms with E-state index in [1.165, 1.54) is 6.92 Å². The van der Waals surface area contributed by atoms with Gasteiger partial charge in [0.15, 0.2) is 0 Å². The maximum absolute atomic E-state index is 11.4. The molecule has 15 heavy (non-hydrogen) atoms. The normalized spacial score (nSPS) is 16.8. The Kier molecular flexibility index (Phi) is 5.50. The Morgan fingerprint density at radius 1 is 1.40 bits per heavy atom. The first kappa shape index (κ1) is 14.1. The van der Waals surface area contributed by atoms with Crippen LogP contribution in [0.1, 0.15) is 46.5 Å². The summed E-state index contributed by atoms with van der Waals surface area (Å²) in [6.45, 7) is 5.12. The summed E-state index contributed by atoms with van der Waals surface area (Å²) in [4.78, 5) is 22.5. The number of nitrogens with two attached hydrogens (primary N) is 1. The molecule has 0 amide bonds. The van der Waals surface area contributed by atoms with E-state index in [0.717, 1.165) is 12.8 Å². The molecule has 0 saturated carbocycles. The van der Waals surface area contributed by atoms with Gasteiger partial charge in [-0.3, -0.25) is 9.59 Å². The van der Waals surface area contributed by atoms with Crippen LogP contribution in [0.15, 0.2) is 0 Å². The lowest BCUT2D eigenvalue weighted by Gasteiger charge is -2.31. The standard InChI is InChI=1S/C11H21NO3/c1-4-6-7-9(8(3)13)11(12,5-2)10(14)15/h9H,4-7,12H2,1-3H3,(H,14,15). The van der Waals surface area contributed by atoms with Crippen molar-refractivity contribution in [1.82, 2.24) is 0 Å². The number of carbonyl (C=O) groups is 2. The molecule has 4 nitrogen and oxygen atoms in total. The summed E-state index contributed by atoms with van der Waals surface area (Å²) in [5, 5.41) is 9.07. The highest BCUT2D eigenvalue weighted by Gasteiger charge is 2.42. The summed E-state index contributed by atoms with van der Waals surface area (Å²) < 4.78 is 0. The van der Waals surface area contributed by atoms with Crippen LogP contribution in [0.2, 0.25) is 0 Å². The number of carboxylic acids is 1. The maximum Gasteiger partial charge on any atom is 0.324 e. The van der Waals surface area contributed by atoms with Crippen LogP contribution in [0.5, 0.6) is 0 Å². The van der Waals surface area contributed by atoms with E-state index in [-0.39, 0.29) is 12.2 Å². The third-order valence-corrected chi connectivity index (χ3v) is 2.94. The average Bonchev–Trinajstić information content (AvgIpc) is 2.17. The lowest BCUT2D eigenvalue weighted by Crippen LogP contribution is -2.55. The summed E-state index contributed by atoms with van der Waals surface area (Å²) in [6, 6.07) is 0. The molecule has 3 N–H and O–H groups in total. The van der Waals surface area contributed by atoms with E-state index < -0.39 is 17.4 Å². The van der Waals surface area contributed by atoms with Crippen molar-refractivity contribution in [2.75, 3.05) is 0 Å². The van der Waals surface area contributed by atoms with Crippen LogP contribution in [-0.4, -0.2) is 22.4 Å². The molecule has 0 rings (SSSR count). The number of ketones is 1. The molecule has 0 aromatic heterocycles. The lowest BCUT2D eigenvalue weighted by molar-refractivity contribution is -0.149. The van der Waals surface area contributed by atoms with Crippen molar-refractivity contribution < 1.29 is 14.7 Å². The van der Waals surface area contributed by atoms with Gasteiger partial charge in [-0.2, -0.15) is 0 Å². The van der Waals surface area contributed by atoms with Gasteiger partial charge in [0.2, 0.25) is 0 Å². The molecule has 0 aromatic rings. The molecule has 0 aliphatic rings. The van der Waals surface area contributed by atoms with E-state index >= 15 is 0 Å². The van der Waals surface area contributed by atoms with Crippen molar-refractivity contribution in [1.29, 1.82) is 0 Å². The van der Waals surface area contributed by atoms with Gasteiger partial charge in [-0.1, -0.05) is 26.7 Å². The number of hydrogen-bond donors (Lipinski definition) is 2. The number of rotatable bonds is 7. The van der Waals surface area contributed by atoms with E-state index in [0.29, 0.717) is 6.42 Å². The van der Waals surface area contributed by atoms with Gasteiger partial charge >= 0.3 is 5.97 Å². The van der Waals surface area contributed by atoms with Crippen LogP contribution in [0.25, 0.3) is 0 Å². The molecule has 2 unspecified atom stereocenters. The van der Waals surface area contributed by atoms with E-state index in [1.807, 2.05) is 6.92 Å². The van der Waals surface area contributed by atoms with Crippen LogP contribution in [0, 0.1) is 5.92 Å². The molecule has 0 bridgehead atoms. The summed E-state index contributed by atoms with van der Waals surface area (Å²) in [6.07, 6.45) is 2.60. The molecule has 0 aliphatic heterocycles. The average molecular weight is 215 g/mol. The molecule has 0 radical (unpaired) electrons. The van der Waals surface area contributed by atoms with Crippen molar-refractivity contribution in [3.63, 3.8) is 0 Å². The van der Waals surface area contributed by atoms with E-state index in [2.05, 4.69) is 0 Å². The number of hydrogen-bond acceptors (Lipinski definition) is 3. The summed E-state index contributed by atoms with van der Waals surface area (Å²) in [7, 11) is 0. The van der Waals surface area contributed by atoms with Crippen LogP contribution in [-0.2, 0) is 9.59 Å². The van der Waals surface area contributed by atoms with E-state index in [1.54, 1.807) is 6.92 Å². The van der Waals surface area contributed by atoms with Crippen LogP contribution < -0.4 is 5.73 Å². The molecule has 0 spiro atoms. The van der Waals surface area contributed by atoms with Crippen LogP contribution >= 0.6 is 0 Å². The largest absolute Gasteiger partial charge is 0.480 e. The second-order valence-corrected chi connectivity index (χ2v) is 4.00. The third kappa shape index (κ3) is 3.30. The number of Topliss-reactive ketones (excluding diaryl/α,β-unsaturated/α-hetero) is 1. The first-order valence-corrected chi connectivity index (χ1v) is 5.42. The number of unbranched alkanes of at least 4 members (excludes halogenated alkanes) is 1. The Morgan fingerprint density at radius 3 is 2.20 bits per heavy atom. The van der Waals surface area contributed by atoms with Gasteiger partial charge < -0.3 is 10.8 Å². The van der Waals surface area contributed by atoms with Gasteiger partial charge in [-0.05, 0) is 19.8 Å². The summed E-state index contributed by atoms with van der Waals surface area (Å²) >= 11 is 0. The molecule has 0 heterocycles. The zero-order chi connectivity index (χ0) is 12.1. The number of aliphatic carboxylic acids is 1. The Bertz CT molecular complexity index is 240. The molecule has 0 saturated heterocycles. The van der Waals surface area contributed by atoms with Crippen molar-refractivity contribution >= 4 is 11.8 Å². The minimum Gasteiger partial charge on any atom is -0.480 e. The lowest BCUT2D eigenvalue weighted by atomic mass is 9.77. The van der Waals surface area contributed by atoms with Gasteiger partial charge in [-0.25, -0.2) is 0 Å². The highest BCUT2D eigenvalue weighted by atomic mass is 16.4. The second-order valence-electron chi connectivity index (χ2n) is 4.00. The Balaban J connectivity index is 4.85.